The summed E-state index contributed by atoms with van der Waals surface area (Å²) in [6.45, 7) is 3.35. The molecule has 0 unspecified atom stereocenters. The Labute approximate surface area is 203 Å². The molecule has 1 aromatic carbocycles. The number of aromatic nitrogens is 1. The fraction of sp³-hybridized carbons (Fsp3) is 0.480. The van der Waals surface area contributed by atoms with E-state index in [4.69, 9.17) is 16.6 Å². The highest BCUT2D eigenvalue weighted by atomic mass is 35.5. The third-order valence-corrected chi connectivity index (χ3v) is 7.05. The molecule has 2 aliphatic rings. The van der Waals surface area contributed by atoms with Gasteiger partial charge in [-0.15, -0.1) is 0 Å². The zero-order valence-electron chi connectivity index (χ0n) is 19.0. The van der Waals surface area contributed by atoms with Crippen molar-refractivity contribution >= 4 is 29.3 Å². The highest BCUT2D eigenvalue weighted by molar-refractivity contribution is 6.34. The predicted octanol–water partition coefficient (Wildman–Crippen LogP) is 3.76. The van der Waals surface area contributed by atoms with Crippen LogP contribution in [0.3, 0.4) is 0 Å². The number of likely N-dealkylation sites (tertiary alicyclic amines) is 1. The minimum absolute atomic E-state index is 0.0693. The number of carboxylic acid groups (broad SMARTS) is 1. The monoisotopic (exact) mass is 488 g/mol. The fourth-order valence-electron chi connectivity index (χ4n) is 4.70. The normalized spacial score (nSPS) is 18.7. The van der Waals surface area contributed by atoms with Crippen molar-refractivity contribution in [2.45, 2.75) is 44.6 Å². The van der Waals surface area contributed by atoms with Crippen LogP contribution in [0.5, 0.6) is 0 Å². The van der Waals surface area contributed by atoms with Crippen LogP contribution in [0.4, 0.5) is 10.2 Å². The first-order valence-corrected chi connectivity index (χ1v) is 12.2. The Balaban J connectivity index is 1.24. The standard InChI is InChI=1S/C25H30ClFN4O3/c26-22-19(4-1-5-20(22)27)24(32)30-21(25(33)34)11-14-31-13-10-16(15-31)6-8-18-9-7-17-3-2-12-28-23(17)29-18/h1,4-5,7,9,16,21H,2-3,6,8,10-15H2,(H,28,29)(H,30,32)(H,33,34)/t16-,21-/m1/s1. The second-order valence-electron chi connectivity index (χ2n) is 9.09. The number of benzene rings is 1. The van der Waals surface area contributed by atoms with Gasteiger partial charge in [0.1, 0.15) is 17.7 Å². The summed E-state index contributed by atoms with van der Waals surface area (Å²) in [5, 5.41) is 15.1. The van der Waals surface area contributed by atoms with E-state index in [1.54, 1.807) is 0 Å². The SMILES string of the molecule is O=C(N[C@H](CCN1CC[C@@H](CCc2ccc3c(n2)NCCC3)C1)C(=O)O)c1cccc(F)c1Cl. The van der Waals surface area contributed by atoms with E-state index in [9.17, 15) is 19.1 Å². The van der Waals surface area contributed by atoms with Crippen molar-refractivity contribution in [1.29, 1.82) is 0 Å². The summed E-state index contributed by atoms with van der Waals surface area (Å²) in [6, 6.07) is 7.13. The minimum Gasteiger partial charge on any atom is -0.480 e. The summed E-state index contributed by atoms with van der Waals surface area (Å²) in [4.78, 5) is 31.2. The molecule has 7 nitrogen and oxygen atoms in total. The van der Waals surface area contributed by atoms with Gasteiger partial charge in [-0.25, -0.2) is 14.2 Å². The zero-order chi connectivity index (χ0) is 24.1. The molecule has 182 valence electrons. The van der Waals surface area contributed by atoms with Gasteiger partial charge in [0.25, 0.3) is 5.91 Å². The number of halogens is 2. The molecule has 3 N–H and O–H groups in total. The van der Waals surface area contributed by atoms with Crippen LogP contribution >= 0.6 is 11.6 Å². The molecule has 0 bridgehead atoms. The van der Waals surface area contributed by atoms with E-state index in [1.165, 1.54) is 17.7 Å². The number of fused-ring (bicyclic) bond motifs is 1. The molecule has 0 saturated carbocycles. The summed E-state index contributed by atoms with van der Waals surface area (Å²) < 4.78 is 13.6. The molecule has 34 heavy (non-hydrogen) atoms. The van der Waals surface area contributed by atoms with E-state index >= 15 is 0 Å². The number of carboxylic acids is 1. The molecule has 1 saturated heterocycles. The molecule has 1 amide bonds. The number of hydrogen-bond donors (Lipinski definition) is 3. The maximum atomic E-state index is 13.6. The van der Waals surface area contributed by atoms with Crippen LogP contribution in [-0.2, 0) is 17.6 Å². The molecule has 2 atom stereocenters. The van der Waals surface area contributed by atoms with Gasteiger partial charge in [-0.05, 0) is 74.8 Å². The maximum absolute atomic E-state index is 13.6. The molecule has 4 rings (SSSR count). The third-order valence-electron chi connectivity index (χ3n) is 6.66. The van der Waals surface area contributed by atoms with Crippen LogP contribution in [-0.4, -0.2) is 59.1 Å². The van der Waals surface area contributed by atoms with Crippen molar-refractivity contribution in [1.82, 2.24) is 15.2 Å². The van der Waals surface area contributed by atoms with Gasteiger partial charge < -0.3 is 20.6 Å². The average Bonchev–Trinajstić information content (AvgIpc) is 3.29. The van der Waals surface area contributed by atoms with Crippen molar-refractivity contribution in [3.05, 3.63) is 58.0 Å². The number of anilines is 1. The maximum Gasteiger partial charge on any atom is 0.326 e. The Bertz CT molecular complexity index is 1050. The van der Waals surface area contributed by atoms with Crippen molar-refractivity contribution in [2.75, 3.05) is 31.5 Å². The van der Waals surface area contributed by atoms with Gasteiger partial charge in [0, 0.05) is 25.3 Å². The quantitative estimate of drug-likeness (QED) is 0.497. The second kappa shape index (κ2) is 11.1. The van der Waals surface area contributed by atoms with E-state index < -0.39 is 23.7 Å². The average molecular weight is 489 g/mol. The van der Waals surface area contributed by atoms with E-state index in [0.717, 1.165) is 69.3 Å². The van der Waals surface area contributed by atoms with Gasteiger partial charge in [0.2, 0.25) is 0 Å². The lowest BCUT2D eigenvalue weighted by Crippen LogP contribution is -2.43. The molecule has 3 heterocycles. The lowest BCUT2D eigenvalue weighted by Gasteiger charge is -2.20. The number of aryl methyl sites for hydroxylation is 2. The molecule has 1 aromatic heterocycles. The van der Waals surface area contributed by atoms with Crippen LogP contribution < -0.4 is 10.6 Å². The Hall–Kier alpha value is -2.71. The number of nitrogens with one attached hydrogen (secondary N) is 2. The minimum atomic E-state index is -1.12. The van der Waals surface area contributed by atoms with Crippen molar-refractivity contribution in [2.24, 2.45) is 5.92 Å². The first-order chi connectivity index (χ1) is 16.4. The highest BCUT2D eigenvalue weighted by Crippen LogP contribution is 2.24. The number of carbonyl (C=O) groups is 2. The van der Waals surface area contributed by atoms with Gasteiger partial charge >= 0.3 is 5.97 Å². The molecule has 9 heteroatoms. The van der Waals surface area contributed by atoms with Gasteiger partial charge in [-0.2, -0.15) is 0 Å². The van der Waals surface area contributed by atoms with E-state index in [-0.39, 0.29) is 17.0 Å². The number of pyridine rings is 1. The van der Waals surface area contributed by atoms with Crippen molar-refractivity contribution in [3.8, 4) is 0 Å². The molecule has 0 radical (unpaired) electrons. The number of nitrogens with zero attached hydrogens (tertiary/aromatic N) is 2. The number of carbonyl (C=O) groups excluding carboxylic acids is 1. The number of rotatable bonds is 9. The summed E-state index contributed by atoms with van der Waals surface area (Å²) >= 11 is 5.86. The van der Waals surface area contributed by atoms with Gasteiger partial charge in [0.15, 0.2) is 0 Å². The first kappa shape index (κ1) is 24.4. The Morgan fingerprint density at radius 1 is 1.32 bits per heavy atom. The number of amides is 1. The molecule has 1 fully saturated rings. The summed E-state index contributed by atoms with van der Waals surface area (Å²) in [6.07, 6.45) is 5.53. The lowest BCUT2D eigenvalue weighted by atomic mass is 10.00. The Kier molecular flexibility index (Phi) is 8.00. The van der Waals surface area contributed by atoms with E-state index in [2.05, 4.69) is 27.7 Å². The Morgan fingerprint density at radius 2 is 2.18 bits per heavy atom. The van der Waals surface area contributed by atoms with E-state index in [0.29, 0.717) is 12.5 Å². The van der Waals surface area contributed by atoms with Crippen LogP contribution in [0.25, 0.3) is 0 Å². The van der Waals surface area contributed by atoms with Gasteiger partial charge in [-0.1, -0.05) is 23.7 Å². The van der Waals surface area contributed by atoms with E-state index in [1.807, 2.05) is 0 Å². The smallest absolute Gasteiger partial charge is 0.326 e. The summed E-state index contributed by atoms with van der Waals surface area (Å²) in [5.41, 5.74) is 2.33. The summed E-state index contributed by atoms with van der Waals surface area (Å²) in [7, 11) is 0. The molecule has 2 aliphatic heterocycles. The number of aliphatic carboxylic acids is 1. The second-order valence-corrected chi connectivity index (χ2v) is 9.47. The largest absolute Gasteiger partial charge is 0.480 e. The van der Waals surface area contributed by atoms with Gasteiger partial charge in [0.05, 0.1) is 10.6 Å². The van der Waals surface area contributed by atoms with Crippen LogP contribution in [0.2, 0.25) is 5.02 Å². The van der Waals surface area contributed by atoms with Crippen molar-refractivity contribution < 1.29 is 19.1 Å². The molecule has 2 aromatic rings. The summed E-state index contributed by atoms with van der Waals surface area (Å²) in [5.74, 6) is -0.967. The van der Waals surface area contributed by atoms with Crippen LogP contribution in [0, 0.1) is 11.7 Å². The Morgan fingerprint density at radius 3 is 3.00 bits per heavy atom. The zero-order valence-corrected chi connectivity index (χ0v) is 19.8. The van der Waals surface area contributed by atoms with Crippen molar-refractivity contribution in [3.63, 3.8) is 0 Å². The predicted molar refractivity (Wildman–Crippen MR) is 129 cm³/mol. The molecular weight excluding hydrogens is 459 g/mol. The highest BCUT2D eigenvalue weighted by Gasteiger charge is 2.27. The third kappa shape index (κ3) is 6.04. The van der Waals surface area contributed by atoms with Gasteiger partial charge in [-0.3, -0.25) is 4.79 Å². The first-order valence-electron chi connectivity index (χ1n) is 11.8. The molecule has 0 aliphatic carbocycles. The topological polar surface area (TPSA) is 94.6 Å². The fourth-order valence-corrected chi connectivity index (χ4v) is 4.91. The molecular formula is C25H30ClFN4O3. The van der Waals surface area contributed by atoms with Crippen LogP contribution in [0.1, 0.15) is 47.3 Å². The number of hydrogen-bond acceptors (Lipinski definition) is 5. The van der Waals surface area contributed by atoms with Crippen LogP contribution in [0.15, 0.2) is 30.3 Å². The lowest BCUT2D eigenvalue weighted by molar-refractivity contribution is -0.139. The molecule has 0 spiro atoms.